The predicted molar refractivity (Wildman–Crippen MR) is 72.2 cm³/mol. The molecule has 1 aliphatic carbocycles. The van der Waals surface area contributed by atoms with E-state index >= 15 is 0 Å². The second-order valence-corrected chi connectivity index (χ2v) is 5.35. The Balaban J connectivity index is 1.98. The number of para-hydroxylation sites is 1. The average Bonchev–Trinajstić information content (AvgIpc) is 2.75. The molecular formula is C15H20N2. The smallest absolute Gasteiger partial charge is 0.0486 e. The second-order valence-electron chi connectivity index (χ2n) is 5.35. The molecule has 0 amide bonds. The SMILES string of the molecule is Cc1cccc2c(C3CCC(N)CC3)c[nH]c12. The Hall–Kier alpha value is -1.28. The number of nitrogens with one attached hydrogen (secondary N) is 1. The van der Waals surface area contributed by atoms with Crippen molar-refractivity contribution in [1.29, 1.82) is 0 Å². The zero-order valence-corrected chi connectivity index (χ0v) is 10.4. The minimum Gasteiger partial charge on any atom is -0.361 e. The number of aromatic amines is 1. The van der Waals surface area contributed by atoms with Gasteiger partial charge in [-0.3, -0.25) is 0 Å². The number of hydrogen-bond donors (Lipinski definition) is 2. The Morgan fingerprint density at radius 2 is 1.94 bits per heavy atom. The van der Waals surface area contributed by atoms with E-state index in [1.807, 2.05) is 0 Å². The highest BCUT2D eigenvalue weighted by Crippen LogP contribution is 2.36. The molecule has 3 rings (SSSR count). The van der Waals surface area contributed by atoms with Gasteiger partial charge in [-0.25, -0.2) is 0 Å². The normalized spacial score (nSPS) is 25.3. The molecule has 17 heavy (non-hydrogen) atoms. The molecule has 90 valence electrons. The van der Waals surface area contributed by atoms with E-state index in [-0.39, 0.29) is 0 Å². The molecule has 0 saturated heterocycles. The van der Waals surface area contributed by atoms with E-state index in [1.54, 1.807) is 0 Å². The molecular weight excluding hydrogens is 208 g/mol. The van der Waals surface area contributed by atoms with Crippen molar-refractivity contribution in [3.63, 3.8) is 0 Å². The third kappa shape index (κ3) is 1.87. The third-order valence-electron chi connectivity index (χ3n) is 4.17. The van der Waals surface area contributed by atoms with Crippen molar-refractivity contribution in [2.75, 3.05) is 0 Å². The quantitative estimate of drug-likeness (QED) is 0.771. The first-order valence-corrected chi connectivity index (χ1v) is 6.58. The number of rotatable bonds is 1. The summed E-state index contributed by atoms with van der Waals surface area (Å²) in [5.41, 5.74) is 10.1. The molecule has 0 unspecified atom stereocenters. The molecule has 0 bridgehead atoms. The summed E-state index contributed by atoms with van der Waals surface area (Å²) in [6.45, 7) is 2.17. The van der Waals surface area contributed by atoms with Crippen LogP contribution in [0, 0.1) is 6.92 Å². The van der Waals surface area contributed by atoms with Gasteiger partial charge < -0.3 is 10.7 Å². The lowest BCUT2D eigenvalue weighted by Gasteiger charge is -2.25. The summed E-state index contributed by atoms with van der Waals surface area (Å²) in [6, 6.07) is 6.99. The Labute approximate surface area is 102 Å². The summed E-state index contributed by atoms with van der Waals surface area (Å²) < 4.78 is 0. The maximum absolute atomic E-state index is 5.98. The lowest BCUT2D eigenvalue weighted by molar-refractivity contribution is 0.397. The van der Waals surface area contributed by atoms with Crippen LogP contribution in [0.2, 0.25) is 0 Å². The molecule has 2 nitrogen and oxygen atoms in total. The summed E-state index contributed by atoms with van der Waals surface area (Å²) >= 11 is 0. The van der Waals surface area contributed by atoms with Gasteiger partial charge in [0.2, 0.25) is 0 Å². The number of benzene rings is 1. The molecule has 0 atom stereocenters. The van der Waals surface area contributed by atoms with E-state index < -0.39 is 0 Å². The first-order chi connectivity index (χ1) is 8.25. The number of aromatic nitrogens is 1. The predicted octanol–water partition coefficient (Wildman–Crippen LogP) is 3.46. The molecule has 0 aliphatic heterocycles. The lowest BCUT2D eigenvalue weighted by atomic mass is 9.82. The summed E-state index contributed by atoms with van der Waals surface area (Å²) in [5, 5.41) is 1.41. The highest BCUT2D eigenvalue weighted by Gasteiger charge is 2.22. The van der Waals surface area contributed by atoms with Gasteiger partial charge in [0.15, 0.2) is 0 Å². The minimum absolute atomic E-state index is 0.429. The number of aryl methyl sites for hydroxylation is 1. The summed E-state index contributed by atoms with van der Waals surface area (Å²) in [7, 11) is 0. The second kappa shape index (κ2) is 4.19. The summed E-state index contributed by atoms with van der Waals surface area (Å²) in [4.78, 5) is 3.43. The first-order valence-electron chi connectivity index (χ1n) is 6.58. The van der Waals surface area contributed by atoms with Crippen molar-refractivity contribution in [3.8, 4) is 0 Å². The Morgan fingerprint density at radius 3 is 2.71 bits per heavy atom. The molecule has 2 aromatic rings. The largest absolute Gasteiger partial charge is 0.361 e. The van der Waals surface area contributed by atoms with E-state index in [4.69, 9.17) is 5.73 Å². The standard InChI is InChI=1S/C15H20N2/c1-10-3-2-4-13-14(9-17-15(10)13)11-5-7-12(16)8-6-11/h2-4,9,11-12,17H,5-8,16H2,1H3. The number of hydrogen-bond acceptors (Lipinski definition) is 1. The fourth-order valence-electron chi connectivity index (χ4n) is 3.10. The van der Waals surface area contributed by atoms with Crippen molar-refractivity contribution in [2.24, 2.45) is 5.73 Å². The molecule has 1 aliphatic rings. The minimum atomic E-state index is 0.429. The molecule has 1 heterocycles. The van der Waals surface area contributed by atoms with Crippen LogP contribution in [0.3, 0.4) is 0 Å². The van der Waals surface area contributed by atoms with Gasteiger partial charge in [-0.2, -0.15) is 0 Å². The van der Waals surface area contributed by atoms with Gasteiger partial charge >= 0.3 is 0 Å². The number of fused-ring (bicyclic) bond motifs is 1. The van der Waals surface area contributed by atoms with E-state index in [2.05, 4.69) is 36.3 Å². The number of H-pyrrole nitrogens is 1. The van der Waals surface area contributed by atoms with Crippen molar-refractivity contribution >= 4 is 10.9 Å². The zero-order chi connectivity index (χ0) is 11.8. The van der Waals surface area contributed by atoms with E-state index in [0.717, 1.165) is 0 Å². The van der Waals surface area contributed by atoms with E-state index in [1.165, 1.54) is 47.7 Å². The summed E-state index contributed by atoms with van der Waals surface area (Å²) in [6.07, 6.45) is 7.02. The molecule has 1 aromatic heterocycles. The molecule has 2 heteroatoms. The zero-order valence-electron chi connectivity index (χ0n) is 10.4. The van der Waals surface area contributed by atoms with Crippen molar-refractivity contribution in [1.82, 2.24) is 4.98 Å². The van der Waals surface area contributed by atoms with Crippen molar-refractivity contribution in [2.45, 2.75) is 44.6 Å². The van der Waals surface area contributed by atoms with Gasteiger partial charge in [-0.05, 0) is 49.7 Å². The highest BCUT2D eigenvalue weighted by molar-refractivity contribution is 5.86. The monoisotopic (exact) mass is 228 g/mol. The maximum Gasteiger partial charge on any atom is 0.0486 e. The van der Waals surface area contributed by atoms with Crippen LogP contribution in [0.25, 0.3) is 10.9 Å². The van der Waals surface area contributed by atoms with Gasteiger partial charge in [0, 0.05) is 23.1 Å². The fourth-order valence-corrected chi connectivity index (χ4v) is 3.10. The van der Waals surface area contributed by atoms with Gasteiger partial charge in [0.05, 0.1) is 0 Å². The van der Waals surface area contributed by atoms with Gasteiger partial charge in [0.25, 0.3) is 0 Å². The Morgan fingerprint density at radius 1 is 1.18 bits per heavy atom. The van der Waals surface area contributed by atoms with Crippen molar-refractivity contribution < 1.29 is 0 Å². The summed E-state index contributed by atoms with van der Waals surface area (Å²) in [5.74, 6) is 0.699. The first kappa shape index (κ1) is 10.8. The molecule has 1 aromatic carbocycles. The van der Waals surface area contributed by atoms with Crippen LogP contribution in [0.15, 0.2) is 24.4 Å². The third-order valence-corrected chi connectivity index (χ3v) is 4.17. The topological polar surface area (TPSA) is 41.8 Å². The molecule has 0 spiro atoms. The van der Waals surface area contributed by atoms with Gasteiger partial charge in [-0.15, -0.1) is 0 Å². The Kier molecular flexibility index (Phi) is 2.67. The highest BCUT2D eigenvalue weighted by atomic mass is 14.7. The van der Waals surface area contributed by atoms with Crippen LogP contribution in [-0.4, -0.2) is 11.0 Å². The van der Waals surface area contributed by atoms with E-state index in [0.29, 0.717) is 12.0 Å². The Bertz CT molecular complexity index is 519. The lowest BCUT2D eigenvalue weighted by Crippen LogP contribution is -2.25. The van der Waals surface area contributed by atoms with Crippen molar-refractivity contribution in [3.05, 3.63) is 35.5 Å². The molecule has 0 radical (unpaired) electrons. The van der Waals surface area contributed by atoms with Crippen LogP contribution >= 0.6 is 0 Å². The van der Waals surface area contributed by atoms with Crippen LogP contribution in [0.4, 0.5) is 0 Å². The van der Waals surface area contributed by atoms with Gasteiger partial charge in [-0.1, -0.05) is 18.2 Å². The fraction of sp³-hybridized carbons (Fsp3) is 0.467. The maximum atomic E-state index is 5.98. The molecule has 1 fully saturated rings. The van der Waals surface area contributed by atoms with Crippen LogP contribution in [0.5, 0.6) is 0 Å². The molecule has 1 saturated carbocycles. The van der Waals surface area contributed by atoms with Crippen LogP contribution < -0.4 is 5.73 Å². The molecule has 3 N–H and O–H groups in total. The van der Waals surface area contributed by atoms with Crippen LogP contribution in [-0.2, 0) is 0 Å². The average molecular weight is 228 g/mol. The number of nitrogens with two attached hydrogens (primary N) is 1. The van der Waals surface area contributed by atoms with Crippen LogP contribution in [0.1, 0.15) is 42.7 Å². The van der Waals surface area contributed by atoms with Gasteiger partial charge in [0.1, 0.15) is 0 Å². The van der Waals surface area contributed by atoms with E-state index in [9.17, 15) is 0 Å².